The smallest absolute Gasteiger partial charge is 0.339 e. The molecule has 0 bridgehead atoms. The quantitative estimate of drug-likeness (QED) is 0.633. The van der Waals surface area contributed by atoms with E-state index >= 15 is 0 Å². The number of hydrogen-bond acceptors (Lipinski definition) is 5. The Hall–Kier alpha value is -2.43. The van der Waals surface area contributed by atoms with Crippen molar-refractivity contribution in [3.05, 3.63) is 47.2 Å². The molecule has 0 N–H and O–H groups in total. The lowest BCUT2D eigenvalue weighted by Crippen LogP contribution is -2.39. The van der Waals surface area contributed by atoms with Crippen LogP contribution < -0.4 is 0 Å². The summed E-state index contributed by atoms with van der Waals surface area (Å²) in [7, 11) is 1.59. The lowest BCUT2D eigenvalue weighted by Gasteiger charge is -2.24. The van der Waals surface area contributed by atoms with Gasteiger partial charge in [-0.1, -0.05) is 30.3 Å². The highest BCUT2D eigenvalue weighted by Crippen LogP contribution is 2.42. The number of esters is 2. The Labute approximate surface area is 129 Å². The summed E-state index contributed by atoms with van der Waals surface area (Å²) in [6.45, 7) is 5.18. The van der Waals surface area contributed by atoms with Gasteiger partial charge < -0.3 is 9.47 Å². The predicted molar refractivity (Wildman–Crippen MR) is 82.4 cm³/mol. The van der Waals surface area contributed by atoms with Crippen LogP contribution in [0.2, 0.25) is 0 Å². The van der Waals surface area contributed by atoms with E-state index in [2.05, 4.69) is 4.99 Å². The van der Waals surface area contributed by atoms with Crippen molar-refractivity contribution in [1.82, 2.24) is 0 Å². The molecule has 1 aliphatic heterocycles. The second-order valence-corrected chi connectivity index (χ2v) is 5.10. The molecule has 5 nitrogen and oxygen atoms in total. The van der Waals surface area contributed by atoms with Crippen molar-refractivity contribution in [3.8, 4) is 0 Å². The molecule has 0 saturated carbocycles. The average molecular weight is 301 g/mol. The molecule has 0 aromatic heterocycles. The maximum Gasteiger partial charge on any atom is 0.339 e. The van der Waals surface area contributed by atoms with Gasteiger partial charge in [-0.2, -0.15) is 0 Å². The zero-order valence-electron chi connectivity index (χ0n) is 13.2. The Balaban J connectivity index is 2.58. The van der Waals surface area contributed by atoms with Crippen LogP contribution in [0, 0.1) is 5.41 Å². The molecule has 0 fully saturated rings. The van der Waals surface area contributed by atoms with Gasteiger partial charge in [0.2, 0.25) is 0 Å². The molecule has 5 heteroatoms. The standard InChI is InChI=1S/C17H19NO4/c1-5-21-15(19)13-11(2)22-16(20)17(13,3)14(18-4)12-9-7-6-8-10-12/h6-10H,5H2,1-4H3. The van der Waals surface area contributed by atoms with Crippen LogP contribution in [0.25, 0.3) is 0 Å². The van der Waals surface area contributed by atoms with E-state index < -0.39 is 17.4 Å². The molecular formula is C17H19NO4. The highest BCUT2D eigenvalue weighted by atomic mass is 16.6. The third-order valence-corrected chi connectivity index (χ3v) is 3.73. The first-order chi connectivity index (χ1) is 10.5. The molecule has 1 aromatic rings. The third kappa shape index (κ3) is 2.43. The summed E-state index contributed by atoms with van der Waals surface area (Å²) in [5.41, 5.74) is 0.189. The number of benzene rings is 1. The first-order valence-electron chi connectivity index (χ1n) is 7.10. The minimum Gasteiger partial charge on any atom is -0.462 e. The van der Waals surface area contributed by atoms with Gasteiger partial charge in [0.05, 0.1) is 17.9 Å². The normalized spacial score (nSPS) is 21.8. The summed E-state index contributed by atoms with van der Waals surface area (Å²) in [6.07, 6.45) is 0. The topological polar surface area (TPSA) is 65.0 Å². The van der Waals surface area contributed by atoms with Crippen molar-refractivity contribution in [2.24, 2.45) is 10.4 Å². The fourth-order valence-corrected chi connectivity index (χ4v) is 2.75. The minimum atomic E-state index is -1.27. The SMILES string of the molecule is CCOC(=O)C1=C(C)OC(=O)C1(C)C(=NC)c1ccccc1. The molecule has 0 saturated heterocycles. The predicted octanol–water partition coefficient (Wildman–Crippen LogP) is 2.51. The van der Waals surface area contributed by atoms with E-state index in [1.165, 1.54) is 0 Å². The van der Waals surface area contributed by atoms with Crippen LogP contribution in [0.1, 0.15) is 26.3 Å². The number of hydrogen-bond donors (Lipinski definition) is 0. The lowest BCUT2D eigenvalue weighted by molar-refractivity contribution is -0.144. The zero-order valence-corrected chi connectivity index (χ0v) is 13.2. The van der Waals surface area contributed by atoms with Crippen molar-refractivity contribution in [2.45, 2.75) is 20.8 Å². The van der Waals surface area contributed by atoms with Crippen LogP contribution in [0.15, 0.2) is 46.7 Å². The Morgan fingerprint density at radius 2 is 1.95 bits per heavy atom. The molecular weight excluding hydrogens is 282 g/mol. The molecule has 22 heavy (non-hydrogen) atoms. The fourth-order valence-electron chi connectivity index (χ4n) is 2.75. The second-order valence-electron chi connectivity index (χ2n) is 5.10. The first kappa shape index (κ1) is 15.9. The molecule has 1 aliphatic rings. The van der Waals surface area contributed by atoms with Gasteiger partial charge in [0.25, 0.3) is 0 Å². The van der Waals surface area contributed by atoms with Crippen molar-refractivity contribution in [1.29, 1.82) is 0 Å². The number of carbonyl (C=O) groups excluding carboxylic acids is 2. The van der Waals surface area contributed by atoms with Crippen LogP contribution in [0.4, 0.5) is 0 Å². The van der Waals surface area contributed by atoms with E-state index in [-0.39, 0.29) is 17.9 Å². The molecule has 0 radical (unpaired) electrons. The number of allylic oxidation sites excluding steroid dienone is 1. The summed E-state index contributed by atoms with van der Waals surface area (Å²) in [4.78, 5) is 29.0. The Bertz CT molecular complexity index is 660. The third-order valence-electron chi connectivity index (χ3n) is 3.73. The number of cyclic esters (lactones) is 1. The van der Waals surface area contributed by atoms with Crippen LogP contribution in [0.3, 0.4) is 0 Å². The molecule has 116 valence electrons. The fraction of sp³-hybridized carbons (Fsp3) is 0.353. The van der Waals surface area contributed by atoms with Crippen LogP contribution in [0.5, 0.6) is 0 Å². The first-order valence-corrected chi connectivity index (χ1v) is 7.10. The highest BCUT2D eigenvalue weighted by molar-refractivity contribution is 6.23. The van der Waals surface area contributed by atoms with Gasteiger partial charge in [-0.25, -0.2) is 4.79 Å². The molecule has 0 amide bonds. The molecule has 0 spiro atoms. The Morgan fingerprint density at radius 1 is 1.32 bits per heavy atom. The van der Waals surface area contributed by atoms with Crippen LogP contribution >= 0.6 is 0 Å². The van der Waals surface area contributed by atoms with Crippen molar-refractivity contribution < 1.29 is 19.1 Å². The monoisotopic (exact) mass is 301 g/mol. The highest BCUT2D eigenvalue weighted by Gasteiger charge is 2.53. The summed E-state index contributed by atoms with van der Waals surface area (Å²) >= 11 is 0. The van der Waals surface area contributed by atoms with Crippen LogP contribution in [-0.2, 0) is 19.1 Å². The van der Waals surface area contributed by atoms with Gasteiger partial charge in [0.15, 0.2) is 0 Å². The largest absolute Gasteiger partial charge is 0.462 e. The van der Waals surface area contributed by atoms with E-state index in [1.807, 2.05) is 30.3 Å². The molecule has 1 aromatic carbocycles. The Morgan fingerprint density at radius 3 is 2.50 bits per heavy atom. The molecule has 1 heterocycles. The summed E-state index contributed by atoms with van der Waals surface area (Å²) in [5, 5.41) is 0. The average Bonchev–Trinajstić information content (AvgIpc) is 2.71. The summed E-state index contributed by atoms with van der Waals surface area (Å²) in [5.74, 6) is -0.800. The maximum absolute atomic E-state index is 12.4. The van der Waals surface area contributed by atoms with E-state index in [4.69, 9.17) is 9.47 Å². The van der Waals surface area contributed by atoms with Crippen LogP contribution in [-0.4, -0.2) is 31.3 Å². The second kappa shape index (κ2) is 6.13. The maximum atomic E-state index is 12.4. The van der Waals surface area contributed by atoms with Crippen molar-refractivity contribution in [2.75, 3.05) is 13.7 Å². The van der Waals surface area contributed by atoms with E-state index in [0.29, 0.717) is 5.71 Å². The number of aliphatic imine (C=N–C) groups is 1. The summed E-state index contributed by atoms with van der Waals surface area (Å²) < 4.78 is 10.3. The van der Waals surface area contributed by atoms with Gasteiger partial charge in [-0.3, -0.25) is 9.79 Å². The Kier molecular flexibility index (Phi) is 4.45. The van der Waals surface area contributed by atoms with Gasteiger partial charge in [-0.15, -0.1) is 0 Å². The molecule has 2 rings (SSSR count). The van der Waals surface area contributed by atoms with Crippen molar-refractivity contribution >= 4 is 17.7 Å². The van der Waals surface area contributed by atoms with Gasteiger partial charge in [0, 0.05) is 7.05 Å². The van der Waals surface area contributed by atoms with Crippen molar-refractivity contribution in [3.63, 3.8) is 0 Å². The number of ether oxygens (including phenoxy) is 2. The number of nitrogens with zero attached hydrogens (tertiary/aromatic N) is 1. The summed E-state index contributed by atoms with van der Waals surface area (Å²) in [6, 6.07) is 9.27. The zero-order chi connectivity index (χ0) is 16.3. The van der Waals surface area contributed by atoms with E-state index in [1.54, 1.807) is 27.8 Å². The van der Waals surface area contributed by atoms with Gasteiger partial charge >= 0.3 is 11.9 Å². The lowest BCUT2D eigenvalue weighted by atomic mass is 9.75. The molecule has 0 aliphatic carbocycles. The molecule has 1 unspecified atom stereocenters. The number of carbonyl (C=O) groups is 2. The van der Waals surface area contributed by atoms with Gasteiger partial charge in [-0.05, 0) is 26.3 Å². The van der Waals surface area contributed by atoms with E-state index in [9.17, 15) is 9.59 Å². The van der Waals surface area contributed by atoms with Gasteiger partial charge in [0.1, 0.15) is 11.2 Å². The molecule has 1 atom stereocenters. The number of rotatable bonds is 4. The van der Waals surface area contributed by atoms with E-state index in [0.717, 1.165) is 5.56 Å². The minimum absolute atomic E-state index is 0.212.